The van der Waals surface area contributed by atoms with E-state index < -0.39 is 0 Å². The summed E-state index contributed by atoms with van der Waals surface area (Å²) in [6.45, 7) is 2.00. The van der Waals surface area contributed by atoms with Crippen molar-refractivity contribution >= 4 is 11.6 Å². The van der Waals surface area contributed by atoms with Gasteiger partial charge in [0, 0.05) is 18.1 Å². The number of rotatable bonds is 3. The van der Waals surface area contributed by atoms with Gasteiger partial charge in [0.1, 0.15) is 5.75 Å². The molecule has 0 radical (unpaired) electrons. The third-order valence-corrected chi connectivity index (χ3v) is 2.47. The van der Waals surface area contributed by atoms with Crippen LogP contribution in [0.5, 0.6) is 11.6 Å². The second kappa shape index (κ2) is 4.99. The SMILES string of the molecule is Cc1ccnc(Oc2cccc(CCl)c2)c1. The molecule has 0 aliphatic carbocycles. The number of aromatic nitrogens is 1. The monoisotopic (exact) mass is 233 g/mol. The highest BCUT2D eigenvalue weighted by Gasteiger charge is 1.99. The van der Waals surface area contributed by atoms with Crippen LogP contribution in [0.4, 0.5) is 0 Å². The zero-order valence-electron chi connectivity index (χ0n) is 8.98. The number of aryl methyl sites for hydroxylation is 1. The van der Waals surface area contributed by atoms with E-state index in [1.54, 1.807) is 6.20 Å². The van der Waals surface area contributed by atoms with Gasteiger partial charge in [-0.15, -0.1) is 11.6 Å². The molecule has 0 bridgehead atoms. The van der Waals surface area contributed by atoms with E-state index in [4.69, 9.17) is 16.3 Å². The quantitative estimate of drug-likeness (QED) is 0.750. The Bertz CT molecular complexity index is 485. The van der Waals surface area contributed by atoms with Crippen LogP contribution in [-0.4, -0.2) is 4.98 Å². The van der Waals surface area contributed by atoms with Crippen molar-refractivity contribution in [2.24, 2.45) is 0 Å². The van der Waals surface area contributed by atoms with Gasteiger partial charge in [0.05, 0.1) is 0 Å². The summed E-state index contributed by atoms with van der Waals surface area (Å²) < 4.78 is 5.63. The van der Waals surface area contributed by atoms with E-state index in [2.05, 4.69) is 4.98 Å². The van der Waals surface area contributed by atoms with Crippen molar-refractivity contribution in [2.75, 3.05) is 0 Å². The third-order valence-electron chi connectivity index (χ3n) is 2.17. The van der Waals surface area contributed by atoms with E-state index in [1.165, 1.54) is 0 Å². The molecule has 0 atom stereocenters. The first-order valence-corrected chi connectivity index (χ1v) is 5.57. The molecule has 0 aliphatic rings. The van der Waals surface area contributed by atoms with E-state index in [0.717, 1.165) is 16.9 Å². The lowest BCUT2D eigenvalue weighted by atomic mass is 10.2. The van der Waals surface area contributed by atoms with Crippen LogP contribution in [0.15, 0.2) is 42.6 Å². The fourth-order valence-corrected chi connectivity index (χ4v) is 1.54. The smallest absolute Gasteiger partial charge is 0.219 e. The van der Waals surface area contributed by atoms with Crippen LogP contribution >= 0.6 is 11.6 Å². The van der Waals surface area contributed by atoms with Crippen molar-refractivity contribution in [2.45, 2.75) is 12.8 Å². The van der Waals surface area contributed by atoms with Crippen molar-refractivity contribution < 1.29 is 4.74 Å². The molecule has 0 spiro atoms. The first-order chi connectivity index (χ1) is 7.78. The maximum absolute atomic E-state index is 5.76. The molecule has 3 heteroatoms. The summed E-state index contributed by atoms with van der Waals surface area (Å²) in [6, 6.07) is 11.5. The molecule has 0 saturated heterocycles. The highest BCUT2D eigenvalue weighted by atomic mass is 35.5. The lowest BCUT2D eigenvalue weighted by Gasteiger charge is -2.05. The summed E-state index contributed by atoms with van der Waals surface area (Å²) >= 11 is 5.76. The summed E-state index contributed by atoms with van der Waals surface area (Å²) in [5.41, 5.74) is 2.16. The van der Waals surface area contributed by atoms with Crippen LogP contribution in [0.3, 0.4) is 0 Å². The minimum absolute atomic E-state index is 0.485. The Labute approximate surface area is 99.9 Å². The molecule has 2 nitrogen and oxygen atoms in total. The summed E-state index contributed by atoms with van der Waals surface area (Å²) in [6.07, 6.45) is 1.73. The normalized spacial score (nSPS) is 10.1. The molecular formula is C13H12ClNO. The molecule has 1 aromatic heterocycles. The number of alkyl halides is 1. The second-order valence-corrected chi connectivity index (χ2v) is 3.82. The molecule has 2 rings (SSSR count). The number of nitrogens with zero attached hydrogens (tertiary/aromatic N) is 1. The van der Waals surface area contributed by atoms with Crippen molar-refractivity contribution in [1.82, 2.24) is 4.98 Å². The van der Waals surface area contributed by atoms with Crippen LogP contribution in [0.1, 0.15) is 11.1 Å². The Morgan fingerprint density at radius 1 is 1.25 bits per heavy atom. The van der Waals surface area contributed by atoms with E-state index in [1.807, 2.05) is 43.3 Å². The largest absolute Gasteiger partial charge is 0.439 e. The van der Waals surface area contributed by atoms with Gasteiger partial charge in [-0.1, -0.05) is 12.1 Å². The average molecular weight is 234 g/mol. The maximum atomic E-state index is 5.76. The molecule has 0 fully saturated rings. The Balaban J connectivity index is 2.20. The number of pyridine rings is 1. The Hall–Kier alpha value is -1.54. The molecule has 1 heterocycles. The van der Waals surface area contributed by atoms with Gasteiger partial charge in [0.15, 0.2) is 0 Å². The van der Waals surface area contributed by atoms with Crippen LogP contribution < -0.4 is 4.74 Å². The highest BCUT2D eigenvalue weighted by molar-refractivity contribution is 6.17. The Morgan fingerprint density at radius 2 is 2.12 bits per heavy atom. The van der Waals surface area contributed by atoms with Gasteiger partial charge in [-0.3, -0.25) is 0 Å². The topological polar surface area (TPSA) is 22.1 Å². The Kier molecular flexibility index (Phi) is 3.42. The number of halogens is 1. The maximum Gasteiger partial charge on any atom is 0.219 e. The van der Waals surface area contributed by atoms with Gasteiger partial charge in [0.25, 0.3) is 0 Å². The lowest BCUT2D eigenvalue weighted by Crippen LogP contribution is -1.89. The zero-order chi connectivity index (χ0) is 11.4. The summed E-state index contributed by atoms with van der Waals surface area (Å²) in [4.78, 5) is 4.14. The molecule has 0 N–H and O–H groups in total. The molecule has 0 saturated carbocycles. The Morgan fingerprint density at radius 3 is 2.88 bits per heavy atom. The first kappa shape index (κ1) is 11.0. The van der Waals surface area contributed by atoms with Crippen molar-refractivity contribution in [1.29, 1.82) is 0 Å². The summed E-state index contributed by atoms with van der Waals surface area (Å²) in [7, 11) is 0. The summed E-state index contributed by atoms with van der Waals surface area (Å²) in [5, 5.41) is 0. The molecule has 16 heavy (non-hydrogen) atoms. The lowest BCUT2D eigenvalue weighted by molar-refractivity contribution is 0.462. The summed E-state index contributed by atoms with van der Waals surface area (Å²) in [5.74, 6) is 1.85. The van der Waals surface area contributed by atoms with Crippen LogP contribution in [0.2, 0.25) is 0 Å². The minimum atomic E-state index is 0.485. The minimum Gasteiger partial charge on any atom is -0.439 e. The van der Waals surface area contributed by atoms with Crippen LogP contribution in [0, 0.1) is 6.92 Å². The second-order valence-electron chi connectivity index (χ2n) is 3.55. The number of hydrogen-bond acceptors (Lipinski definition) is 2. The fourth-order valence-electron chi connectivity index (χ4n) is 1.38. The van der Waals surface area contributed by atoms with Gasteiger partial charge in [-0.25, -0.2) is 4.98 Å². The van der Waals surface area contributed by atoms with E-state index >= 15 is 0 Å². The first-order valence-electron chi connectivity index (χ1n) is 5.03. The fraction of sp³-hybridized carbons (Fsp3) is 0.154. The molecule has 0 unspecified atom stereocenters. The van der Waals surface area contributed by atoms with Gasteiger partial charge in [-0.05, 0) is 36.2 Å². The van der Waals surface area contributed by atoms with Gasteiger partial charge >= 0.3 is 0 Å². The molecular weight excluding hydrogens is 222 g/mol. The van der Waals surface area contributed by atoms with Gasteiger partial charge in [-0.2, -0.15) is 0 Å². The molecule has 0 aliphatic heterocycles. The molecule has 2 aromatic rings. The zero-order valence-corrected chi connectivity index (χ0v) is 9.74. The van der Waals surface area contributed by atoms with E-state index in [-0.39, 0.29) is 0 Å². The number of ether oxygens (including phenoxy) is 1. The standard InChI is InChI=1S/C13H12ClNO/c1-10-5-6-15-13(7-10)16-12-4-2-3-11(8-12)9-14/h2-8H,9H2,1H3. The van der Waals surface area contributed by atoms with Crippen LogP contribution in [-0.2, 0) is 5.88 Å². The predicted octanol–water partition coefficient (Wildman–Crippen LogP) is 3.92. The van der Waals surface area contributed by atoms with Gasteiger partial charge in [0.2, 0.25) is 5.88 Å². The molecule has 82 valence electrons. The number of benzene rings is 1. The third kappa shape index (κ3) is 2.74. The van der Waals surface area contributed by atoms with Gasteiger partial charge < -0.3 is 4.74 Å². The predicted molar refractivity (Wildman–Crippen MR) is 65.0 cm³/mol. The van der Waals surface area contributed by atoms with Crippen molar-refractivity contribution in [3.63, 3.8) is 0 Å². The molecule has 1 aromatic carbocycles. The number of hydrogen-bond donors (Lipinski definition) is 0. The highest BCUT2D eigenvalue weighted by Crippen LogP contribution is 2.21. The van der Waals surface area contributed by atoms with E-state index in [0.29, 0.717) is 11.8 Å². The van der Waals surface area contributed by atoms with Crippen molar-refractivity contribution in [3.8, 4) is 11.6 Å². The molecule has 0 amide bonds. The van der Waals surface area contributed by atoms with Crippen LogP contribution in [0.25, 0.3) is 0 Å². The van der Waals surface area contributed by atoms with Crippen molar-refractivity contribution in [3.05, 3.63) is 53.7 Å². The average Bonchev–Trinajstić information content (AvgIpc) is 2.29. The van der Waals surface area contributed by atoms with E-state index in [9.17, 15) is 0 Å².